The largest absolute Gasteiger partial charge is 0.395 e. The molecule has 0 aliphatic heterocycles. The summed E-state index contributed by atoms with van der Waals surface area (Å²) in [7, 11) is -1.43. The highest BCUT2D eigenvalue weighted by atomic mass is 32.2. The van der Waals surface area contributed by atoms with Crippen LogP contribution < -0.4 is 4.72 Å². The van der Waals surface area contributed by atoms with E-state index in [9.17, 15) is 13.0 Å². The van der Waals surface area contributed by atoms with E-state index in [0.717, 1.165) is 0 Å². The number of rotatable bonds is 5. The van der Waals surface area contributed by atoms with Crippen LogP contribution in [0.1, 0.15) is 33.6 Å². The molecule has 1 unspecified atom stereocenters. The van der Waals surface area contributed by atoms with Crippen molar-refractivity contribution in [3.8, 4) is 0 Å². The topological polar surface area (TPSA) is 49.3 Å². The van der Waals surface area contributed by atoms with Crippen LogP contribution in [0.5, 0.6) is 0 Å². The molecule has 2 atom stereocenters. The van der Waals surface area contributed by atoms with Gasteiger partial charge in [-0.05, 0) is 33.6 Å². The van der Waals surface area contributed by atoms with Crippen molar-refractivity contribution in [3.05, 3.63) is 0 Å². The van der Waals surface area contributed by atoms with E-state index in [1.807, 2.05) is 0 Å². The van der Waals surface area contributed by atoms with Crippen LogP contribution in [0.25, 0.3) is 0 Å². The van der Waals surface area contributed by atoms with Crippen molar-refractivity contribution in [1.82, 2.24) is 4.72 Å². The van der Waals surface area contributed by atoms with Gasteiger partial charge in [0.15, 0.2) is 0 Å². The van der Waals surface area contributed by atoms with E-state index in [1.54, 1.807) is 20.8 Å². The quantitative estimate of drug-likeness (QED) is 0.781. The molecule has 0 heterocycles. The van der Waals surface area contributed by atoms with Crippen molar-refractivity contribution in [3.63, 3.8) is 0 Å². The number of nitrogens with one attached hydrogen (secondary N) is 1. The minimum Gasteiger partial charge on any atom is -0.395 e. The van der Waals surface area contributed by atoms with Gasteiger partial charge in [-0.2, -0.15) is 0 Å². The minimum atomic E-state index is -2.48. The first-order valence-electron chi connectivity index (χ1n) is 5.31. The van der Waals surface area contributed by atoms with Crippen LogP contribution in [0.2, 0.25) is 0 Å². The molecular weight excluding hydrogens is 236 g/mol. The highest BCUT2D eigenvalue weighted by Gasteiger charge is 2.57. The molecule has 0 bridgehead atoms. The lowest BCUT2D eigenvalue weighted by atomic mass is 9.99. The lowest BCUT2D eigenvalue weighted by Gasteiger charge is -2.28. The minimum absolute atomic E-state index is 0.379. The van der Waals surface area contributed by atoms with E-state index in [2.05, 4.69) is 4.72 Å². The fourth-order valence-electron chi connectivity index (χ4n) is 1.51. The highest BCUT2D eigenvalue weighted by molar-refractivity contribution is 7.84. The van der Waals surface area contributed by atoms with Gasteiger partial charge < -0.3 is 5.11 Å². The Kier molecular flexibility index (Phi) is 4.08. The number of aliphatic hydroxyl groups is 1. The number of alkyl halides is 2. The van der Waals surface area contributed by atoms with Crippen LogP contribution in [0.4, 0.5) is 8.78 Å². The average Bonchev–Trinajstić information content (AvgIpc) is 2.92. The van der Waals surface area contributed by atoms with Gasteiger partial charge >= 0.3 is 0 Å². The summed E-state index contributed by atoms with van der Waals surface area (Å²) >= 11 is 0. The molecule has 6 heteroatoms. The summed E-state index contributed by atoms with van der Waals surface area (Å²) in [6, 6.07) is -0.785. The molecule has 1 aliphatic carbocycles. The molecule has 1 rings (SSSR count). The van der Waals surface area contributed by atoms with Crippen LogP contribution in [0.15, 0.2) is 0 Å². The second kappa shape index (κ2) is 4.66. The predicted octanol–water partition coefficient (Wildman–Crippen LogP) is 1.44. The third-order valence-corrected chi connectivity index (χ3v) is 4.55. The Labute approximate surface area is 97.2 Å². The summed E-state index contributed by atoms with van der Waals surface area (Å²) < 4.78 is 39.5. The second-order valence-electron chi connectivity index (χ2n) is 5.27. The fraction of sp³-hybridized carbons (Fsp3) is 1.00. The van der Waals surface area contributed by atoms with E-state index in [-0.39, 0.29) is 0 Å². The van der Waals surface area contributed by atoms with Gasteiger partial charge in [-0.15, -0.1) is 0 Å². The van der Waals surface area contributed by atoms with Crippen molar-refractivity contribution in [2.75, 3.05) is 6.61 Å². The lowest BCUT2D eigenvalue weighted by Crippen LogP contribution is -2.48. The lowest BCUT2D eigenvalue weighted by molar-refractivity contribution is 0.0282. The van der Waals surface area contributed by atoms with Gasteiger partial charge in [0.2, 0.25) is 6.43 Å². The second-order valence-corrected chi connectivity index (χ2v) is 7.27. The molecule has 0 radical (unpaired) electrons. The molecule has 0 spiro atoms. The number of aliphatic hydroxyl groups excluding tert-OH is 1. The Hall–Kier alpha value is -0.0700. The molecule has 16 heavy (non-hydrogen) atoms. The Morgan fingerprint density at radius 1 is 1.44 bits per heavy atom. The molecule has 0 amide bonds. The highest BCUT2D eigenvalue weighted by Crippen LogP contribution is 2.53. The zero-order valence-electron chi connectivity index (χ0n) is 9.80. The van der Waals surface area contributed by atoms with Gasteiger partial charge in [-0.3, -0.25) is 0 Å². The van der Waals surface area contributed by atoms with E-state index < -0.39 is 40.2 Å². The normalized spacial score (nSPS) is 23.2. The van der Waals surface area contributed by atoms with Crippen molar-refractivity contribution >= 4 is 11.0 Å². The van der Waals surface area contributed by atoms with Crippen molar-refractivity contribution in [1.29, 1.82) is 0 Å². The first kappa shape index (κ1) is 14.0. The van der Waals surface area contributed by atoms with Gasteiger partial charge in [-0.1, -0.05) is 0 Å². The van der Waals surface area contributed by atoms with Gasteiger partial charge in [0.1, 0.15) is 0 Å². The Bertz CT molecular complexity index is 274. The number of hydrogen-bond acceptors (Lipinski definition) is 2. The molecule has 2 N–H and O–H groups in total. The van der Waals surface area contributed by atoms with E-state index in [4.69, 9.17) is 5.11 Å². The molecule has 1 saturated carbocycles. The Morgan fingerprint density at radius 3 is 2.19 bits per heavy atom. The zero-order chi connectivity index (χ0) is 12.6. The number of hydrogen-bond donors (Lipinski definition) is 2. The van der Waals surface area contributed by atoms with Crippen molar-refractivity contribution in [2.45, 2.75) is 50.8 Å². The summed E-state index contributed by atoms with van der Waals surface area (Å²) in [6.45, 7) is 4.86. The van der Waals surface area contributed by atoms with Gasteiger partial charge in [-0.25, -0.2) is 17.7 Å². The maximum Gasteiger partial charge on any atom is 0.245 e. The summed E-state index contributed by atoms with van der Waals surface area (Å²) in [5.74, 6) is 0. The molecule has 0 aromatic heterocycles. The van der Waals surface area contributed by atoms with Gasteiger partial charge in [0.05, 0.1) is 28.4 Å². The fourth-order valence-corrected chi connectivity index (χ4v) is 2.43. The predicted molar refractivity (Wildman–Crippen MR) is 59.6 cm³/mol. The van der Waals surface area contributed by atoms with Crippen LogP contribution in [-0.4, -0.2) is 33.1 Å². The van der Waals surface area contributed by atoms with Crippen molar-refractivity contribution < 1.29 is 18.1 Å². The summed E-state index contributed by atoms with van der Waals surface area (Å²) in [6.07, 6.45) is -1.72. The van der Waals surface area contributed by atoms with Crippen molar-refractivity contribution in [2.24, 2.45) is 5.41 Å². The molecule has 0 aromatic carbocycles. The maximum atomic E-state index is 12.8. The monoisotopic (exact) mass is 255 g/mol. The van der Waals surface area contributed by atoms with E-state index in [1.165, 1.54) is 0 Å². The molecule has 3 nitrogen and oxygen atoms in total. The summed E-state index contributed by atoms with van der Waals surface area (Å²) in [4.78, 5) is 0. The van der Waals surface area contributed by atoms with E-state index >= 15 is 0 Å². The van der Waals surface area contributed by atoms with E-state index in [0.29, 0.717) is 12.8 Å². The zero-order valence-corrected chi connectivity index (χ0v) is 10.6. The molecule has 1 fully saturated rings. The molecule has 0 aromatic rings. The molecular formula is C10H19F2NO2S. The summed E-state index contributed by atoms with van der Waals surface area (Å²) in [5.41, 5.74) is -1.17. The van der Waals surface area contributed by atoms with Gasteiger partial charge in [0.25, 0.3) is 0 Å². The first-order chi connectivity index (χ1) is 7.24. The Morgan fingerprint density at radius 2 is 1.94 bits per heavy atom. The molecule has 0 saturated heterocycles. The SMILES string of the molecule is CC(C)(C)[S@](=O)NC(CO)C1(C(F)F)CC1. The van der Waals surface area contributed by atoms with Gasteiger partial charge in [0, 0.05) is 5.41 Å². The third-order valence-electron chi connectivity index (χ3n) is 2.94. The third kappa shape index (κ3) is 2.78. The van der Waals surface area contributed by atoms with Crippen LogP contribution in [0.3, 0.4) is 0 Å². The molecule has 96 valence electrons. The average molecular weight is 255 g/mol. The van der Waals surface area contributed by atoms with Crippen LogP contribution >= 0.6 is 0 Å². The Balaban J connectivity index is 2.67. The standard InChI is InChI=1S/C10H19F2NO2S/c1-9(2,3)16(15)13-7(6-14)10(4-5-10)8(11)12/h7-8,13-14H,4-6H2,1-3H3/t7?,16-/m0/s1. The number of halogens is 2. The van der Waals surface area contributed by atoms with Crippen LogP contribution in [0, 0.1) is 5.41 Å². The van der Waals surface area contributed by atoms with Crippen LogP contribution in [-0.2, 0) is 11.0 Å². The first-order valence-corrected chi connectivity index (χ1v) is 6.46. The smallest absolute Gasteiger partial charge is 0.245 e. The molecule has 1 aliphatic rings. The summed E-state index contributed by atoms with van der Waals surface area (Å²) in [5, 5.41) is 9.13. The maximum absolute atomic E-state index is 12.8.